The highest BCUT2D eigenvalue weighted by Gasteiger charge is 2.17. The molecule has 1 aromatic heterocycles. The van der Waals surface area contributed by atoms with Gasteiger partial charge in [0.05, 0.1) is 21.3 Å². The van der Waals surface area contributed by atoms with Gasteiger partial charge in [-0.05, 0) is 12.1 Å². The Morgan fingerprint density at radius 1 is 1.33 bits per heavy atom. The minimum Gasteiger partial charge on any atom is -0.478 e. The highest BCUT2D eigenvalue weighted by atomic mass is 35.5. The molecule has 0 saturated carbocycles. The second kappa shape index (κ2) is 6.40. The standard InChI is InChI=1S/C12H9Cl2N3O3S/c13-6-1-5(12(19)20)2-7(14)10(6)17-11(18)8-4-21-9(3-15)16-8/h1-2,4H,3,15H2,(H,17,18)(H,19,20). The number of aromatic carboxylic acids is 1. The smallest absolute Gasteiger partial charge is 0.335 e. The van der Waals surface area contributed by atoms with E-state index < -0.39 is 11.9 Å². The maximum Gasteiger partial charge on any atom is 0.335 e. The minimum atomic E-state index is -1.16. The van der Waals surface area contributed by atoms with Gasteiger partial charge in [-0.1, -0.05) is 23.2 Å². The van der Waals surface area contributed by atoms with Crippen LogP contribution in [0.25, 0.3) is 0 Å². The number of rotatable bonds is 4. The number of benzene rings is 1. The summed E-state index contributed by atoms with van der Waals surface area (Å²) in [5.41, 5.74) is 5.68. The Morgan fingerprint density at radius 2 is 1.95 bits per heavy atom. The van der Waals surface area contributed by atoms with Crippen LogP contribution in [0.3, 0.4) is 0 Å². The van der Waals surface area contributed by atoms with Crippen LogP contribution >= 0.6 is 34.5 Å². The lowest BCUT2D eigenvalue weighted by molar-refractivity contribution is 0.0696. The molecule has 0 atom stereocenters. The summed E-state index contributed by atoms with van der Waals surface area (Å²) < 4.78 is 0. The summed E-state index contributed by atoms with van der Waals surface area (Å²) in [6.07, 6.45) is 0. The molecule has 0 spiro atoms. The molecule has 110 valence electrons. The summed E-state index contributed by atoms with van der Waals surface area (Å²) in [6, 6.07) is 2.41. The zero-order chi connectivity index (χ0) is 15.6. The number of hydrogen-bond donors (Lipinski definition) is 3. The number of nitrogens with one attached hydrogen (secondary N) is 1. The molecule has 0 aliphatic carbocycles. The third kappa shape index (κ3) is 3.51. The molecule has 0 aliphatic heterocycles. The molecule has 1 amide bonds. The lowest BCUT2D eigenvalue weighted by Crippen LogP contribution is -2.14. The van der Waals surface area contributed by atoms with E-state index in [0.29, 0.717) is 5.01 Å². The van der Waals surface area contributed by atoms with Gasteiger partial charge < -0.3 is 16.2 Å². The molecule has 1 heterocycles. The third-order valence-electron chi connectivity index (χ3n) is 2.49. The van der Waals surface area contributed by atoms with Crippen LogP contribution in [0.2, 0.25) is 10.0 Å². The minimum absolute atomic E-state index is 0.0301. The summed E-state index contributed by atoms with van der Waals surface area (Å²) in [7, 11) is 0. The lowest BCUT2D eigenvalue weighted by atomic mass is 10.2. The van der Waals surface area contributed by atoms with E-state index >= 15 is 0 Å². The summed E-state index contributed by atoms with van der Waals surface area (Å²) >= 11 is 13.1. The number of carbonyl (C=O) groups excluding carboxylic acids is 1. The van der Waals surface area contributed by atoms with E-state index in [1.807, 2.05) is 0 Å². The molecule has 0 aliphatic rings. The van der Waals surface area contributed by atoms with Crippen LogP contribution in [-0.4, -0.2) is 22.0 Å². The number of carboxylic acids is 1. The van der Waals surface area contributed by atoms with Gasteiger partial charge in [0.1, 0.15) is 10.7 Å². The second-order valence-electron chi connectivity index (χ2n) is 3.90. The monoisotopic (exact) mass is 345 g/mol. The fourth-order valence-corrected chi connectivity index (χ4v) is 2.74. The predicted molar refractivity (Wildman–Crippen MR) is 81.4 cm³/mol. The largest absolute Gasteiger partial charge is 0.478 e. The topological polar surface area (TPSA) is 105 Å². The summed E-state index contributed by atoms with van der Waals surface area (Å²) in [6.45, 7) is 0.243. The molecule has 0 radical (unpaired) electrons. The van der Waals surface area contributed by atoms with Gasteiger partial charge in [0.2, 0.25) is 0 Å². The molecule has 0 unspecified atom stereocenters. The van der Waals surface area contributed by atoms with E-state index in [0.717, 1.165) is 0 Å². The maximum absolute atomic E-state index is 12.0. The van der Waals surface area contributed by atoms with Gasteiger partial charge in [0.25, 0.3) is 5.91 Å². The van der Waals surface area contributed by atoms with E-state index in [1.54, 1.807) is 5.38 Å². The maximum atomic E-state index is 12.0. The van der Waals surface area contributed by atoms with Crippen molar-refractivity contribution in [1.82, 2.24) is 4.98 Å². The van der Waals surface area contributed by atoms with Crippen molar-refractivity contribution in [2.45, 2.75) is 6.54 Å². The molecular weight excluding hydrogens is 337 g/mol. The number of nitrogens with zero attached hydrogens (tertiary/aromatic N) is 1. The van der Waals surface area contributed by atoms with Crippen LogP contribution in [0, 0.1) is 0 Å². The van der Waals surface area contributed by atoms with Gasteiger partial charge in [-0.2, -0.15) is 0 Å². The number of carbonyl (C=O) groups is 2. The van der Waals surface area contributed by atoms with Gasteiger partial charge in [-0.15, -0.1) is 11.3 Å². The SMILES string of the molecule is NCc1nc(C(=O)Nc2c(Cl)cc(C(=O)O)cc2Cl)cs1. The predicted octanol–water partition coefficient (Wildman–Crippen LogP) is 2.86. The van der Waals surface area contributed by atoms with Crippen LogP contribution in [-0.2, 0) is 6.54 Å². The van der Waals surface area contributed by atoms with Crippen molar-refractivity contribution in [2.75, 3.05) is 5.32 Å². The fraction of sp³-hybridized carbons (Fsp3) is 0.0833. The van der Waals surface area contributed by atoms with Crippen LogP contribution in [0.1, 0.15) is 25.9 Å². The van der Waals surface area contributed by atoms with Gasteiger partial charge in [0, 0.05) is 11.9 Å². The molecule has 2 rings (SSSR count). The van der Waals surface area contributed by atoms with E-state index in [-0.39, 0.29) is 33.5 Å². The number of anilines is 1. The Balaban J connectivity index is 2.27. The van der Waals surface area contributed by atoms with E-state index in [4.69, 9.17) is 34.0 Å². The molecule has 4 N–H and O–H groups in total. The van der Waals surface area contributed by atoms with Crippen molar-refractivity contribution in [3.63, 3.8) is 0 Å². The zero-order valence-corrected chi connectivity index (χ0v) is 12.7. The van der Waals surface area contributed by atoms with Gasteiger partial charge in [-0.3, -0.25) is 4.79 Å². The number of halogens is 2. The van der Waals surface area contributed by atoms with Crippen molar-refractivity contribution in [3.8, 4) is 0 Å². The summed E-state index contributed by atoms with van der Waals surface area (Å²) in [5.74, 6) is -1.67. The molecule has 2 aromatic rings. The fourth-order valence-electron chi connectivity index (χ4n) is 1.50. The highest BCUT2D eigenvalue weighted by Crippen LogP contribution is 2.32. The molecule has 1 aromatic carbocycles. The molecule has 0 bridgehead atoms. The van der Waals surface area contributed by atoms with Crippen LogP contribution < -0.4 is 11.1 Å². The van der Waals surface area contributed by atoms with Crippen LogP contribution in [0.4, 0.5) is 5.69 Å². The average Bonchev–Trinajstić information content (AvgIpc) is 2.91. The Morgan fingerprint density at radius 3 is 2.43 bits per heavy atom. The molecule has 6 nitrogen and oxygen atoms in total. The third-order valence-corrected chi connectivity index (χ3v) is 3.95. The lowest BCUT2D eigenvalue weighted by Gasteiger charge is -2.09. The van der Waals surface area contributed by atoms with Crippen LogP contribution in [0.5, 0.6) is 0 Å². The van der Waals surface area contributed by atoms with Crippen LogP contribution in [0.15, 0.2) is 17.5 Å². The Bertz CT molecular complexity index is 695. The number of thiazole rings is 1. The van der Waals surface area contributed by atoms with E-state index in [2.05, 4.69) is 10.3 Å². The van der Waals surface area contributed by atoms with Gasteiger partial charge >= 0.3 is 5.97 Å². The number of amides is 1. The first-order valence-electron chi connectivity index (χ1n) is 5.60. The number of carboxylic acid groups (broad SMARTS) is 1. The van der Waals surface area contributed by atoms with Crippen molar-refractivity contribution < 1.29 is 14.7 Å². The Labute approximate surface area is 133 Å². The molecule has 0 fully saturated rings. The average molecular weight is 346 g/mol. The van der Waals surface area contributed by atoms with Gasteiger partial charge in [-0.25, -0.2) is 9.78 Å². The molecule has 21 heavy (non-hydrogen) atoms. The first kappa shape index (κ1) is 15.7. The van der Waals surface area contributed by atoms with Crippen molar-refractivity contribution in [1.29, 1.82) is 0 Å². The second-order valence-corrected chi connectivity index (χ2v) is 5.66. The first-order valence-corrected chi connectivity index (χ1v) is 7.24. The Hall–Kier alpha value is -1.67. The number of aromatic nitrogens is 1. The number of hydrogen-bond acceptors (Lipinski definition) is 5. The van der Waals surface area contributed by atoms with Crippen molar-refractivity contribution in [2.24, 2.45) is 5.73 Å². The molecular formula is C12H9Cl2N3O3S. The molecule has 0 saturated heterocycles. The number of nitrogens with two attached hydrogens (primary N) is 1. The molecule has 9 heteroatoms. The summed E-state index contributed by atoms with van der Waals surface area (Å²) in [4.78, 5) is 26.9. The summed E-state index contributed by atoms with van der Waals surface area (Å²) in [5, 5.41) is 13.6. The van der Waals surface area contributed by atoms with Crippen molar-refractivity contribution in [3.05, 3.63) is 43.8 Å². The zero-order valence-electron chi connectivity index (χ0n) is 10.4. The van der Waals surface area contributed by atoms with E-state index in [1.165, 1.54) is 23.5 Å². The van der Waals surface area contributed by atoms with E-state index in [9.17, 15) is 9.59 Å². The van der Waals surface area contributed by atoms with Crippen molar-refractivity contribution >= 4 is 52.1 Å². The first-order chi connectivity index (χ1) is 9.92. The quantitative estimate of drug-likeness (QED) is 0.789. The normalized spacial score (nSPS) is 10.4. The highest BCUT2D eigenvalue weighted by molar-refractivity contribution is 7.09. The Kier molecular flexibility index (Phi) is 4.79. The van der Waals surface area contributed by atoms with Gasteiger partial charge in [0.15, 0.2) is 0 Å².